The van der Waals surface area contributed by atoms with Gasteiger partial charge in [0.25, 0.3) is 5.91 Å². The molecule has 0 aromatic carbocycles. The lowest BCUT2D eigenvalue weighted by Gasteiger charge is -2.01. The number of carbonyl (C=O) groups is 1. The molecular weight excluding hydrogens is 248 g/mol. The molecule has 0 aliphatic heterocycles. The number of halogens is 1. The minimum absolute atomic E-state index is 0.168. The zero-order chi connectivity index (χ0) is 11.5. The number of aryl methyl sites for hydroxylation is 1. The summed E-state index contributed by atoms with van der Waals surface area (Å²) in [7, 11) is 0. The van der Waals surface area contributed by atoms with Crippen LogP contribution in [0.1, 0.15) is 16.2 Å². The van der Waals surface area contributed by atoms with Crippen LogP contribution in [0.2, 0.25) is 5.15 Å². The summed E-state index contributed by atoms with van der Waals surface area (Å²) >= 11 is 6.91. The van der Waals surface area contributed by atoms with Gasteiger partial charge in [0.1, 0.15) is 11.0 Å². The van der Waals surface area contributed by atoms with Crippen molar-refractivity contribution in [2.24, 2.45) is 0 Å². The van der Waals surface area contributed by atoms with Crippen molar-refractivity contribution < 1.29 is 4.79 Å². The molecule has 0 bridgehead atoms. The van der Waals surface area contributed by atoms with Crippen LogP contribution in [0.4, 0.5) is 5.13 Å². The summed E-state index contributed by atoms with van der Waals surface area (Å²) in [4.78, 5) is 19.6. The standard InChI is InChI=1S/C9H7ClN4OS/c1-5-12-9(16-14-5)13-8(15)6-3-2-4-11-7(6)10/h2-4H,1H3,(H,12,13,14,15). The van der Waals surface area contributed by atoms with Crippen LogP contribution in [0, 0.1) is 6.92 Å². The summed E-state index contributed by atoms with van der Waals surface area (Å²) in [6, 6.07) is 3.24. The second-order valence-corrected chi connectivity index (χ2v) is 4.05. The Morgan fingerprint density at radius 1 is 1.56 bits per heavy atom. The van der Waals surface area contributed by atoms with Gasteiger partial charge in [-0.15, -0.1) is 0 Å². The largest absolute Gasteiger partial charge is 0.296 e. The van der Waals surface area contributed by atoms with Crippen LogP contribution >= 0.6 is 23.1 Å². The molecule has 0 unspecified atom stereocenters. The molecule has 82 valence electrons. The smallest absolute Gasteiger partial charge is 0.260 e. The Morgan fingerprint density at radius 3 is 3.00 bits per heavy atom. The third kappa shape index (κ3) is 2.34. The first-order valence-corrected chi connectivity index (χ1v) is 5.54. The lowest BCUT2D eigenvalue weighted by molar-refractivity contribution is 0.102. The molecule has 1 amide bonds. The van der Waals surface area contributed by atoms with Crippen molar-refractivity contribution in [3.05, 3.63) is 34.9 Å². The second-order valence-electron chi connectivity index (χ2n) is 2.94. The van der Waals surface area contributed by atoms with E-state index in [4.69, 9.17) is 11.6 Å². The van der Waals surface area contributed by atoms with Gasteiger partial charge in [-0.3, -0.25) is 10.1 Å². The minimum atomic E-state index is -0.339. The van der Waals surface area contributed by atoms with Crippen LogP contribution in [0.15, 0.2) is 18.3 Å². The zero-order valence-corrected chi connectivity index (χ0v) is 9.84. The molecule has 0 atom stereocenters. The Morgan fingerprint density at radius 2 is 2.38 bits per heavy atom. The van der Waals surface area contributed by atoms with Crippen molar-refractivity contribution in [3.8, 4) is 0 Å². The summed E-state index contributed by atoms with van der Waals surface area (Å²) in [5.74, 6) is 0.284. The van der Waals surface area contributed by atoms with E-state index < -0.39 is 0 Å². The number of anilines is 1. The van der Waals surface area contributed by atoms with E-state index in [-0.39, 0.29) is 11.1 Å². The summed E-state index contributed by atoms with van der Waals surface area (Å²) in [6.45, 7) is 1.75. The fraction of sp³-hybridized carbons (Fsp3) is 0.111. The molecule has 0 aliphatic rings. The topological polar surface area (TPSA) is 67.8 Å². The molecule has 2 aromatic rings. The van der Waals surface area contributed by atoms with Gasteiger partial charge in [0.05, 0.1) is 5.56 Å². The third-order valence-electron chi connectivity index (χ3n) is 1.75. The first-order valence-electron chi connectivity index (χ1n) is 4.39. The maximum absolute atomic E-state index is 11.7. The highest BCUT2D eigenvalue weighted by Gasteiger charge is 2.12. The normalized spacial score (nSPS) is 10.1. The van der Waals surface area contributed by atoms with E-state index in [0.717, 1.165) is 11.5 Å². The van der Waals surface area contributed by atoms with Crippen LogP contribution in [0.25, 0.3) is 0 Å². The highest BCUT2D eigenvalue weighted by molar-refractivity contribution is 7.09. The molecule has 7 heteroatoms. The van der Waals surface area contributed by atoms with Gasteiger partial charge in [0.15, 0.2) is 0 Å². The molecular formula is C9H7ClN4OS. The number of nitrogens with one attached hydrogen (secondary N) is 1. The SMILES string of the molecule is Cc1nsc(NC(=O)c2cccnc2Cl)n1. The lowest BCUT2D eigenvalue weighted by Crippen LogP contribution is -2.12. The van der Waals surface area contributed by atoms with Gasteiger partial charge in [-0.2, -0.15) is 4.37 Å². The number of amides is 1. The Balaban J connectivity index is 2.18. The van der Waals surface area contributed by atoms with Gasteiger partial charge in [0.2, 0.25) is 5.13 Å². The molecule has 2 heterocycles. The number of carbonyl (C=O) groups excluding carboxylic acids is 1. The molecule has 2 aromatic heterocycles. The van der Waals surface area contributed by atoms with Crippen molar-refractivity contribution in [3.63, 3.8) is 0 Å². The van der Waals surface area contributed by atoms with E-state index >= 15 is 0 Å². The van der Waals surface area contributed by atoms with Gasteiger partial charge in [-0.05, 0) is 19.1 Å². The fourth-order valence-electron chi connectivity index (χ4n) is 1.07. The number of hydrogen-bond acceptors (Lipinski definition) is 5. The highest BCUT2D eigenvalue weighted by atomic mass is 35.5. The van der Waals surface area contributed by atoms with Crippen molar-refractivity contribution in [1.82, 2.24) is 14.3 Å². The summed E-state index contributed by atoms with van der Waals surface area (Å²) in [5, 5.41) is 3.22. The van der Waals surface area contributed by atoms with E-state index in [2.05, 4.69) is 19.7 Å². The molecule has 0 fully saturated rings. The number of aromatic nitrogens is 3. The maximum Gasteiger partial charge on any atom is 0.260 e. The summed E-state index contributed by atoms with van der Waals surface area (Å²) in [6.07, 6.45) is 1.52. The van der Waals surface area contributed by atoms with E-state index in [1.165, 1.54) is 6.20 Å². The van der Waals surface area contributed by atoms with Crippen LogP contribution in [-0.4, -0.2) is 20.2 Å². The van der Waals surface area contributed by atoms with E-state index in [0.29, 0.717) is 16.5 Å². The molecule has 0 aliphatic carbocycles. The second kappa shape index (κ2) is 4.54. The molecule has 0 spiro atoms. The molecule has 0 radical (unpaired) electrons. The fourth-order valence-corrected chi connectivity index (χ4v) is 1.84. The number of pyridine rings is 1. The van der Waals surface area contributed by atoms with Crippen molar-refractivity contribution in [2.45, 2.75) is 6.92 Å². The molecule has 5 nitrogen and oxygen atoms in total. The van der Waals surface area contributed by atoms with Crippen LogP contribution < -0.4 is 5.32 Å². The Bertz CT molecular complexity index is 528. The number of nitrogens with zero attached hydrogens (tertiary/aromatic N) is 3. The van der Waals surface area contributed by atoms with E-state index in [1.807, 2.05) is 0 Å². The third-order valence-corrected chi connectivity index (χ3v) is 2.77. The van der Waals surface area contributed by atoms with E-state index in [1.54, 1.807) is 19.1 Å². The van der Waals surface area contributed by atoms with Gasteiger partial charge in [0, 0.05) is 17.7 Å². The monoisotopic (exact) mass is 254 g/mol. The van der Waals surface area contributed by atoms with Crippen LogP contribution in [0.3, 0.4) is 0 Å². The average molecular weight is 255 g/mol. The molecule has 0 saturated heterocycles. The summed E-state index contributed by atoms with van der Waals surface area (Å²) in [5.41, 5.74) is 0.317. The minimum Gasteiger partial charge on any atom is -0.296 e. The van der Waals surface area contributed by atoms with Gasteiger partial charge < -0.3 is 0 Å². The Labute approximate surface area is 101 Å². The van der Waals surface area contributed by atoms with Gasteiger partial charge >= 0.3 is 0 Å². The number of hydrogen-bond donors (Lipinski definition) is 1. The molecule has 16 heavy (non-hydrogen) atoms. The van der Waals surface area contributed by atoms with Crippen molar-refractivity contribution in [1.29, 1.82) is 0 Å². The number of rotatable bonds is 2. The zero-order valence-electron chi connectivity index (χ0n) is 8.27. The molecule has 1 N–H and O–H groups in total. The molecule has 0 saturated carbocycles. The van der Waals surface area contributed by atoms with Crippen molar-refractivity contribution in [2.75, 3.05) is 5.32 Å². The Kier molecular flexibility index (Phi) is 3.12. The predicted molar refractivity (Wildman–Crippen MR) is 61.8 cm³/mol. The predicted octanol–water partition coefficient (Wildman–Crippen LogP) is 2.15. The first-order chi connectivity index (χ1) is 7.66. The summed E-state index contributed by atoms with van der Waals surface area (Å²) < 4.78 is 3.95. The Hall–Kier alpha value is -1.53. The van der Waals surface area contributed by atoms with E-state index in [9.17, 15) is 4.79 Å². The molecule has 2 rings (SSSR count). The quantitative estimate of drug-likeness (QED) is 0.834. The van der Waals surface area contributed by atoms with Crippen LogP contribution in [-0.2, 0) is 0 Å². The maximum atomic E-state index is 11.7. The lowest BCUT2D eigenvalue weighted by atomic mass is 10.3. The first kappa shape index (κ1) is 11.0. The van der Waals surface area contributed by atoms with Gasteiger partial charge in [-0.25, -0.2) is 9.97 Å². The van der Waals surface area contributed by atoms with Gasteiger partial charge in [-0.1, -0.05) is 11.6 Å². The highest BCUT2D eigenvalue weighted by Crippen LogP contribution is 2.15. The van der Waals surface area contributed by atoms with Crippen LogP contribution in [0.5, 0.6) is 0 Å². The average Bonchev–Trinajstić information content (AvgIpc) is 2.64. The van der Waals surface area contributed by atoms with Crippen molar-refractivity contribution >= 4 is 34.2 Å².